The molecule has 3 N–H and O–H groups in total. The molecule has 1 rings (SSSR count). The Hall–Kier alpha value is -1.60. The van der Waals surface area contributed by atoms with Crippen molar-refractivity contribution in [2.45, 2.75) is 17.4 Å². The van der Waals surface area contributed by atoms with Gasteiger partial charge < -0.3 is 15.5 Å². The van der Waals surface area contributed by atoms with E-state index in [2.05, 4.69) is 5.32 Å². The molecule has 7 heteroatoms. The van der Waals surface area contributed by atoms with Gasteiger partial charge in [0.25, 0.3) is 0 Å². The molecule has 0 aromatic heterocycles. The third kappa shape index (κ3) is 5.71. The van der Waals surface area contributed by atoms with Crippen molar-refractivity contribution < 1.29 is 24.2 Å². The molecule has 1 unspecified atom stereocenters. The molecule has 0 fully saturated rings. The summed E-state index contributed by atoms with van der Waals surface area (Å²) in [7, 11) is 0. The van der Waals surface area contributed by atoms with E-state index in [4.69, 9.17) is 10.2 Å². The largest absolute Gasteiger partial charge is 0.479 e. The van der Waals surface area contributed by atoms with E-state index in [0.717, 1.165) is 11.8 Å². The van der Waals surface area contributed by atoms with E-state index in [1.807, 2.05) is 0 Å². The second-order valence-electron chi connectivity index (χ2n) is 3.71. The maximum atomic E-state index is 13.2. The number of halogens is 1. The predicted molar refractivity (Wildman–Crippen MR) is 68.4 cm³/mol. The van der Waals surface area contributed by atoms with Crippen LogP contribution in [-0.2, 0) is 9.59 Å². The monoisotopic (exact) mass is 287 g/mol. The lowest BCUT2D eigenvalue weighted by Gasteiger charge is -2.07. The fourth-order valence-corrected chi connectivity index (χ4v) is 2.00. The number of aliphatic hydroxyl groups is 1. The van der Waals surface area contributed by atoms with Crippen LogP contribution >= 0.6 is 11.8 Å². The standard InChI is InChI=1S/C12H14FNO4S/c13-8-3-1-2-4-10(8)19-7-11(16)14-6-5-9(15)12(17)18/h1-4,9,15H,5-7H2,(H,14,16)(H,17,18). The molecule has 104 valence electrons. The molecule has 19 heavy (non-hydrogen) atoms. The minimum atomic E-state index is -1.49. The van der Waals surface area contributed by atoms with Crippen molar-refractivity contribution in [3.63, 3.8) is 0 Å². The number of benzene rings is 1. The van der Waals surface area contributed by atoms with Gasteiger partial charge in [0.05, 0.1) is 5.75 Å². The second kappa shape index (κ2) is 7.75. The highest BCUT2D eigenvalue weighted by Crippen LogP contribution is 2.20. The van der Waals surface area contributed by atoms with E-state index in [1.54, 1.807) is 18.2 Å². The second-order valence-corrected chi connectivity index (χ2v) is 4.73. The van der Waals surface area contributed by atoms with Crippen molar-refractivity contribution in [1.29, 1.82) is 0 Å². The highest BCUT2D eigenvalue weighted by molar-refractivity contribution is 8.00. The van der Waals surface area contributed by atoms with Gasteiger partial charge in [-0.05, 0) is 12.1 Å². The molecule has 0 bridgehead atoms. The van der Waals surface area contributed by atoms with Crippen LogP contribution in [0, 0.1) is 5.82 Å². The Morgan fingerprint density at radius 2 is 2.05 bits per heavy atom. The predicted octanol–water partition coefficient (Wildman–Crippen LogP) is 0.870. The van der Waals surface area contributed by atoms with Crippen LogP contribution in [0.25, 0.3) is 0 Å². The van der Waals surface area contributed by atoms with Crippen molar-refractivity contribution in [1.82, 2.24) is 5.32 Å². The van der Waals surface area contributed by atoms with Crippen LogP contribution in [0.15, 0.2) is 29.2 Å². The molecule has 0 aliphatic carbocycles. The summed E-state index contributed by atoms with van der Waals surface area (Å²) in [5, 5.41) is 19.9. The van der Waals surface area contributed by atoms with Crippen molar-refractivity contribution in [2.24, 2.45) is 0 Å². The summed E-state index contributed by atoms with van der Waals surface area (Å²) in [6.07, 6.45) is -1.55. The molecule has 0 spiro atoms. The van der Waals surface area contributed by atoms with Crippen LogP contribution in [-0.4, -0.2) is 40.5 Å². The molecule has 0 aliphatic heterocycles. The molecule has 1 atom stereocenters. The summed E-state index contributed by atoms with van der Waals surface area (Å²) in [5.74, 6) is -2.02. The Bertz CT molecular complexity index is 455. The first-order chi connectivity index (χ1) is 9.00. The van der Waals surface area contributed by atoms with Gasteiger partial charge in [0, 0.05) is 17.9 Å². The summed E-state index contributed by atoms with van der Waals surface area (Å²) < 4.78 is 13.2. The highest BCUT2D eigenvalue weighted by atomic mass is 32.2. The van der Waals surface area contributed by atoms with Gasteiger partial charge in [-0.25, -0.2) is 9.18 Å². The number of hydrogen-bond acceptors (Lipinski definition) is 4. The third-order valence-electron chi connectivity index (χ3n) is 2.22. The third-order valence-corrected chi connectivity index (χ3v) is 3.27. The maximum absolute atomic E-state index is 13.2. The number of aliphatic carboxylic acids is 1. The number of carbonyl (C=O) groups is 2. The Morgan fingerprint density at radius 3 is 2.68 bits per heavy atom. The average molecular weight is 287 g/mol. The highest BCUT2D eigenvalue weighted by Gasteiger charge is 2.13. The molecule has 0 heterocycles. The topological polar surface area (TPSA) is 86.6 Å². The maximum Gasteiger partial charge on any atom is 0.332 e. The SMILES string of the molecule is O=C(CSc1ccccc1F)NCCC(O)C(=O)O. The summed E-state index contributed by atoms with van der Waals surface area (Å²) in [5.41, 5.74) is 0. The Labute approximate surface area is 113 Å². The lowest BCUT2D eigenvalue weighted by Crippen LogP contribution is -2.31. The van der Waals surface area contributed by atoms with Crippen molar-refractivity contribution in [2.75, 3.05) is 12.3 Å². The first-order valence-corrected chi connectivity index (χ1v) is 6.54. The normalized spacial score (nSPS) is 11.9. The summed E-state index contributed by atoms with van der Waals surface area (Å²) in [6.45, 7) is 0.0597. The molecule has 0 saturated carbocycles. The number of rotatable bonds is 7. The van der Waals surface area contributed by atoms with E-state index in [9.17, 15) is 14.0 Å². The van der Waals surface area contributed by atoms with Crippen LogP contribution in [0.4, 0.5) is 4.39 Å². The minimum Gasteiger partial charge on any atom is -0.479 e. The minimum absolute atomic E-state index is 0.0318. The van der Waals surface area contributed by atoms with E-state index in [-0.39, 0.29) is 30.4 Å². The number of carboxylic acids is 1. The lowest BCUT2D eigenvalue weighted by molar-refractivity contribution is -0.147. The van der Waals surface area contributed by atoms with Crippen molar-refractivity contribution >= 4 is 23.6 Å². The Kier molecular flexibility index (Phi) is 6.31. The average Bonchev–Trinajstić information content (AvgIpc) is 2.37. The molecule has 5 nitrogen and oxygen atoms in total. The van der Waals surface area contributed by atoms with Gasteiger partial charge >= 0.3 is 5.97 Å². The number of amides is 1. The number of aliphatic hydroxyl groups excluding tert-OH is 1. The quantitative estimate of drug-likeness (QED) is 0.648. The van der Waals surface area contributed by atoms with Crippen LogP contribution in [0.3, 0.4) is 0 Å². The fourth-order valence-electron chi connectivity index (χ4n) is 1.23. The van der Waals surface area contributed by atoms with Crippen molar-refractivity contribution in [3.05, 3.63) is 30.1 Å². The number of nitrogens with one attached hydrogen (secondary N) is 1. The van der Waals surface area contributed by atoms with Crippen LogP contribution in [0.5, 0.6) is 0 Å². The molecular formula is C12H14FNO4S. The Balaban J connectivity index is 2.25. The van der Waals surface area contributed by atoms with E-state index < -0.39 is 12.1 Å². The molecular weight excluding hydrogens is 273 g/mol. The zero-order valence-electron chi connectivity index (χ0n) is 10.0. The van der Waals surface area contributed by atoms with Gasteiger partial charge in [0.2, 0.25) is 5.91 Å². The number of carboxylic acid groups (broad SMARTS) is 1. The van der Waals surface area contributed by atoms with E-state index in [0.29, 0.717) is 4.90 Å². The fraction of sp³-hybridized carbons (Fsp3) is 0.333. The Morgan fingerprint density at radius 1 is 1.37 bits per heavy atom. The van der Waals surface area contributed by atoms with Gasteiger partial charge in [-0.3, -0.25) is 4.79 Å². The number of thioether (sulfide) groups is 1. The van der Waals surface area contributed by atoms with Gasteiger partial charge in [-0.2, -0.15) is 0 Å². The molecule has 1 aromatic rings. The van der Waals surface area contributed by atoms with Crippen molar-refractivity contribution in [3.8, 4) is 0 Å². The molecule has 1 aromatic carbocycles. The number of hydrogen-bond donors (Lipinski definition) is 3. The number of carbonyl (C=O) groups excluding carboxylic acids is 1. The zero-order valence-corrected chi connectivity index (χ0v) is 10.8. The molecule has 0 aliphatic rings. The summed E-state index contributed by atoms with van der Waals surface area (Å²) in [6, 6.07) is 6.12. The molecule has 0 radical (unpaired) electrons. The first kappa shape index (κ1) is 15.5. The summed E-state index contributed by atoms with van der Waals surface area (Å²) in [4.78, 5) is 22.1. The first-order valence-electron chi connectivity index (χ1n) is 5.55. The van der Waals surface area contributed by atoms with Crippen LogP contribution in [0.1, 0.15) is 6.42 Å². The van der Waals surface area contributed by atoms with Crippen LogP contribution in [0.2, 0.25) is 0 Å². The van der Waals surface area contributed by atoms with Gasteiger partial charge in [-0.15, -0.1) is 11.8 Å². The zero-order chi connectivity index (χ0) is 14.3. The summed E-state index contributed by atoms with van der Waals surface area (Å²) >= 11 is 1.05. The van der Waals surface area contributed by atoms with Gasteiger partial charge in [0.15, 0.2) is 6.10 Å². The lowest BCUT2D eigenvalue weighted by atomic mass is 10.2. The van der Waals surface area contributed by atoms with Gasteiger partial charge in [-0.1, -0.05) is 12.1 Å². The van der Waals surface area contributed by atoms with E-state index >= 15 is 0 Å². The van der Waals surface area contributed by atoms with Crippen LogP contribution < -0.4 is 5.32 Å². The van der Waals surface area contributed by atoms with E-state index in [1.165, 1.54) is 6.07 Å². The smallest absolute Gasteiger partial charge is 0.332 e. The molecule has 0 saturated heterocycles. The molecule has 1 amide bonds. The van der Waals surface area contributed by atoms with Gasteiger partial charge in [0.1, 0.15) is 5.82 Å².